The molecule has 0 radical (unpaired) electrons. The molecule has 6 heteroatoms. The first kappa shape index (κ1) is 25.2. The molecule has 0 saturated heterocycles. The summed E-state index contributed by atoms with van der Waals surface area (Å²) in [6.07, 6.45) is -2.33. The van der Waals surface area contributed by atoms with Crippen LogP contribution in [0.5, 0.6) is 0 Å². The normalized spacial score (nSPS) is 3.43. The molecule has 4 nitrogen and oxygen atoms in total. The van der Waals surface area contributed by atoms with Gasteiger partial charge < -0.3 is 20.5 Å². The van der Waals surface area contributed by atoms with Crippen molar-refractivity contribution >= 4 is 29.2 Å². The third kappa shape index (κ3) is 295. The summed E-state index contributed by atoms with van der Waals surface area (Å²) >= 11 is 0. The first-order valence-corrected chi connectivity index (χ1v) is 0.612. The Balaban J connectivity index is -0.0000000150. The third-order valence-electron chi connectivity index (χ3n) is 0. The van der Waals surface area contributed by atoms with Crippen LogP contribution in [-0.4, -0.2) is 29.2 Å². The molecule has 0 aromatic rings. The molecule has 0 atom stereocenters. The fourth-order valence-electron chi connectivity index (χ4n) is 0. The first-order valence-electron chi connectivity index (χ1n) is 0.612. The molecule has 0 aliphatic heterocycles. The van der Waals surface area contributed by atoms with E-state index in [-0.39, 0.29) is 50.2 Å². The fourth-order valence-corrected chi connectivity index (χ4v) is 0. The van der Waals surface area contributed by atoms with E-state index in [1.54, 1.807) is 0 Å². The Labute approximate surface area is 71.2 Å². The quantitative estimate of drug-likeness (QED) is 0.344. The number of hydrogen-bond donors (Lipinski definition) is 0. The average molecular weight is 148 g/mol. The molecule has 0 bridgehead atoms. The van der Waals surface area contributed by atoms with Crippen molar-refractivity contribution in [2.75, 3.05) is 0 Å². The van der Waals surface area contributed by atoms with Crippen molar-refractivity contribution in [3.63, 3.8) is 0 Å². The van der Waals surface area contributed by atoms with E-state index in [1.807, 2.05) is 0 Å². The number of carbonyl (C=O) groups is 1. The maximum absolute atomic E-state index is 8.33. The molecule has 0 amide bonds. The maximum atomic E-state index is 8.33. The zero-order chi connectivity index (χ0) is 3.58. The standard InChI is InChI=1S/CH2O3.Mg.O.Ti/c2-1(3)4;;;/h(H2,2,3,4);;;/q;+2;-2;+4/p-2. The summed E-state index contributed by atoms with van der Waals surface area (Å²) in [4.78, 5) is 8.33. The van der Waals surface area contributed by atoms with Crippen molar-refractivity contribution in [3.8, 4) is 0 Å². The Morgan fingerprint density at radius 1 is 1.29 bits per heavy atom. The predicted octanol–water partition coefficient (Wildman–Crippen LogP) is -2.95. The molecule has 0 aromatic carbocycles. The average Bonchev–Trinajstić information content (AvgIpc) is 0.811. The smallest absolute Gasteiger partial charge is 2.00 e. The van der Waals surface area contributed by atoms with Gasteiger partial charge >= 0.3 is 44.8 Å². The molecule has 32 valence electrons. The van der Waals surface area contributed by atoms with E-state index in [4.69, 9.17) is 15.0 Å². The van der Waals surface area contributed by atoms with Crippen molar-refractivity contribution in [1.29, 1.82) is 0 Å². The summed E-state index contributed by atoms with van der Waals surface area (Å²) in [5.41, 5.74) is 0. The van der Waals surface area contributed by atoms with Gasteiger partial charge in [-0.2, -0.15) is 0 Å². The second-order valence-corrected chi connectivity index (χ2v) is 0.250. The molecule has 0 aliphatic carbocycles. The molecule has 0 aromatic heterocycles. The van der Waals surface area contributed by atoms with Crippen LogP contribution < -0.4 is 10.2 Å². The molecule has 0 saturated carbocycles. The Bertz CT molecular complexity index is 34.7. The van der Waals surface area contributed by atoms with Crippen LogP contribution in [-0.2, 0) is 27.2 Å². The summed E-state index contributed by atoms with van der Waals surface area (Å²) in [7, 11) is 0. The molecule has 0 spiro atoms. The minimum atomic E-state index is -2.33. The van der Waals surface area contributed by atoms with Crippen molar-refractivity contribution in [2.45, 2.75) is 0 Å². The molecule has 0 heterocycles. The van der Waals surface area contributed by atoms with Gasteiger partial charge in [0.1, 0.15) is 0 Å². The third-order valence-corrected chi connectivity index (χ3v) is 0. The summed E-state index contributed by atoms with van der Waals surface area (Å²) in [6.45, 7) is 0. The van der Waals surface area contributed by atoms with E-state index in [2.05, 4.69) is 0 Å². The molecular formula is CMgO4Ti+2. The molecule has 0 rings (SSSR count). The molecule has 0 aliphatic rings. The summed E-state index contributed by atoms with van der Waals surface area (Å²) < 4.78 is 0. The van der Waals surface area contributed by atoms with Crippen molar-refractivity contribution in [1.82, 2.24) is 0 Å². The molecule has 0 N–H and O–H groups in total. The van der Waals surface area contributed by atoms with E-state index < -0.39 is 6.16 Å². The Morgan fingerprint density at radius 2 is 1.29 bits per heavy atom. The molecular weight excluding hydrogens is 148 g/mol. The van der Waals surface area contributed by atoms with Crippen LogP contribution in [0, 0.1) is 0 Å². The van der Waals surface area contributed by atoms with Crippen LogP contribution in [0.25, 0.3) is 0 Å². The van der Waals surface area contributed by atoms with Crippen LogP contribution in [0.4, 0.5) is 4.79 Å². The monoisotopic (exact) mass is 148 g/mol. The van der Waals surface area contributed by atoms with Crippen LogP contribution in [0.2, 0.25) is 0 Å². The van der Waals surface area contributed by atoms with Crippen LogP contribution in [0.3, 0.4) is 0 Å². The van der Waals surface area contributed by atoms with Gasteiger partial charge in [0.15, 0.2) is 0 Å². The summed E-state index contributed by atoms with van der Waals surface area (Å²) in [5, 5.41) is 16.7. The Kier molecular flexibility index (Phi) is 57.3. The van der Waals surface area contributed by atoms with Crippen molar-refractivity contribution in [2.24, 2.45) is 0 Å². The predicted molar refractivity (Wildman–Crippen MR) is 11.8 cm³/mol. The second kappa shape index (κ2) is 15.9. The van der Waals surface area contributed by atoms with Gasteiger partial charge in [-0.3, -0.25) is 0 Å². The van der Waals surface area contributed by atoms with Gasteiger partial charge in [-0.25, -0.2) is 0 Å². The number of rotatable bonds is 0. The largest absolute Gasteiger partial charge is 4.00 e. The van der Waals surface area contributed by atoms with Gasteiger partial charge in [-0.15, -0.1) is 0 Å². The zero-order valence-electron chi connectivity index (χ0n) is 3.34. The van der Waals surface area contributed by atoms with Gasteiger partial charge in [0.25, 0.3) is 0 Å². The van der Waals surface area contributed by atoms with Gasteiger partial charge in [-0.05, 0) is 6.16 Å². The Hall–Kier alpha value is 0.711. The maximum Gasteiger partial charge on any atom is 4.00 e. The van der Waals surface area contributed by atoms with Gasteiger partial charge in [0.05, 0.1) is 0 Å². The van der Waals surface area contributed by atoms with E-state index >= 15 is 0 Å². The van der Waals surface area contributed by atoms with Gasteiger partial charge in [0, 0.05) is 0 Å². The number of carboxylic acid groups (broad SMARTS) is 2. The fraction of sp³-hybridized carbons (Fsp3) is 0. The number of hydrogen-bond acceptors (Lipinski definition) is 3. The molecule has 0 unspecified atom stereocenters. The summed E-state index contributed by atoms with van der Waals surface area (Å²) in [5.74, 6) is 0. The number of carbonyl (C=O) groups excluding carboxylic acids is 1. The van der Waals surface area contributed by atoms with Gasteiger partial charge in [-0.1, -0.05) is 0 Å². The van der Waals surface area contributed by atoms with Crippen LogP contribution >= 0.6 is 0 Å². The van der Waals surface area contributed by atoms with E-state index in [9.17, 15) is 0 Å². The Morgan fingerprint density at radius 3 is 1.29 bits per heavy atom. The first-order chi connectivity index (χ1) is 1.73. The van der Waals surface area contributed by atoms with Crippen molar-refractivity contribution < 1.29 is 42.2 Å². The van der Waals surface area contributed by atoms with Crippen LogP contribution in [0.15, 0.2) is 0 Å². The second-order valence-electron chi connectivity index (χ2n) is 0.250. The van der Waals surface area contributed by atoms with E-state index in [0.29, 0.717) is 0 Å². The molecule has 0 fully saturated rings. The van der Waals surface area contributed by atoms with E-state index in [1.165, 1.54) is 0 Å². The molecule has 7 heavy (non-hydrogen) atoms. The van der Waals surface area contributed by atoms with E-state index in [0.717, 1.165) is 0 Å². The van der Waals surface area contributed by atoms with Crippen LogP contribution in [0.1, 0.15) is 0 Å². The SMILES string of the molecule is O=C([O-])[O-].[Mg+2].[O-2].[Ti+4]. The minimum absolute atomic E-state index is 0. The summed E-state index contributed by atoms with van der Waals surface area (Å²) in [6, 6.07) is 0. The van der Waals surface area contributed by atoms with Crippen molar-refractivity contribution in [3.05, 3.63) is 0 Å². The topological polar surface area (TPSA) is 91.7 Å². The minimum Gasteiger partial charge on any atom is -2.00 e. The van der Waals surface area contributed by atoms with Gasteiger partial charge in [0.2, 0.25) is 0 Å². The zero-order valence-corrected chi connectivity index (χ0v) is 6.32.